The van der Waals surface area contributed by atoms with E-state index in [9.17, 15) is 14.9 Å². The summed E-state index contributed by atoms with van der Waals surface area (Å²) >= 11 is 0. The highest BCUT2D eigenvalue weighted by atomic mass is 16.5. The van der Waals surface area contributed by atoms with Crippen molar-refractivity contribution in [1.82, 2.24) is 9.88 Å². The molecule has 0 radical (unpaired) electrons. The zero-order valence-electron chi connectivity index (χ0n) is 21.3. The molecule has 0 aliphatic heterocycles. The summed E-state index contributed by atoms with van der Waals surface area (Å²) in [5, 5.41) is 12.2. The van der Waals surface area contributed by atoms with E-state index >= 15 is 0 Å². The molecule has 0 saturated heterocycles. The van der Waals surface area contributed by atoms with Crippen LogP contribution < -0.4 is 14.8 Å². The van der Waals surface area contributed by atoms with Crippen LogP contribution in [0.3, 0.4) is 0 Å². The maximum Gasteiger partial charge on any atom is 0.349 e. The summed E-state index contributed by atoms with van der Waals surface area (Å²) in [6.45, 7) is 11.7. The molecule has 0 aliphatic rings. The second kappa shape index (κ2) is 13.9. The highest BCUT2D eigenvalue weighted by Crippen LogP contribution is 2.28. The first-order valence-corrected chi connectivity index (χ1v) is 11.9. The van der Waals surface area contributed by atoms with E-state index in [4.69, 9.17) is 14.2 Å². The molecule has 0 bridgehead atoms. The van der Waals surface area contributed by atoms with Crippen LogP contribution >= 0.6 is 0 Å². The van der Waals surface area contributed by atoms with E-state index in [2.05, 4.69) is 16.8 Å². The molecule has 188 valence electrons. The molecule has 0 fully saturated rings. The van der Waals surface area contributed by atoms with Crippen molar-refractivity contribution < 1.29 is 23.8 Å². The number of carbonyl (C=O) groups is 2. The van der Waals surface area contributed by atoms with E-state index in [1.807, 2.05) is 58.0 Å². The van der Waals surface area contributed by atoms with Gasteiger partial charge in [0.15, 0.2) is 18.1 Å². The van der Waals surface area contributed by atoms with Crippen LogP contribution in [-0.2, 0) is 27.3 Å². The van der Waals surface area contributed by atoms with E-state index < -0.39 is 18.5 Å². The lowest BCUT2D eigenvalue weighted by molar-refractivity contribution is -0.144. The standard InChI is InChI=1S/C27H35N3O5/c1-6-13-30-19(4)14-22(20(30)5)16-23(17-28)27(32)35-18-26(31)29-12-11-21-9-10-24(33-7-2)25(15-21)34-8-3/h9-10,14-16H,6-8,11-13,18H2,1-5H3,(H,29,31)/b23-16+. The van der Waals surface area contributed by atoms with E-state index in [0.29, 0.717) is 37.7 Å². The van der Waals surface area contributed by atoms with Crippen LogP contribution in [0.4, 0.5) is 0 Å². The van der Waals surface area contributed by atoms with Crippen molar-refractivity contribution in [3.63, 3.8) is 0 Å². The summed E-state index contributed by atoms with van der Waals surface area (Å²) in [5.74, 6) is 0.0876. The molecule has 1 heterocycles. The Labute approximate surface area is 207 Å². The average molecular weight is 482 g/mol. The van der Waals surface area contributed by atoms with E-state index in [1.165, 1.54) is 6.08 Å². The Kier molecular flexibility index (Phi) is 10.9. The molecule has 0 aliphatic carbocycles. The Balaban J connectivity index is 1.89. The lowest BCUT2D eigenvalue weighted by atomic mass is 10.1. The van der Waals surface area contributed by atoms with Gasteiger partial charge in [-0.3, -0.25) is 4.79 Å². The van der Waals surface area contributed by atoms with Gasteiger partial charge in [0.25, 0.3) is 5.91 Å². The van der Waals surface area contributed by atoms with Gasteiger partial charge in [-0.15, -0.1) is 0 Å². The van der Waals surface area contributed by atoms with Crippen LogP contribution in [0.25, 0.3) is 6.08 Å². The molecule has 2 rings (SSSR count). The second-order valence-electron chi connectivity index (χ2n) is 7.97. The third kappa shape index (κ3) is 7.92. The van der Waals surface area contributed by atoms with Crippen molar-refractivity contribution in [3.05, 3.63) is 52.4 Å². The summed E-state index contributed by atoms with van der Waals surface area (Å²) in [4.78, 5) is 24.5. The fourth-order valence-corrected chi connectivity index (χ4v) is 3.69. The van der Waals surface area contributed by atoms with Crippen molar-refractivity contribution in [2.24, 2.45) is 0 Å². The van der Waals surface area contributed by atoms with Crippen molar-refractivity contribution in [1.29, 1.82) is 5.26 Å². The Hall–Kier alpha value is -3.73. The number of nitrogens with zero attached hydrogens (tertiary/aromatic N) is 2. The molecular formula is C27H35N3O5. The first-order valence-electron chi connectivity index (χ1n) is 11.9. The predicted molar refractivity (Wildman–Crippen MR) is 134 cm³/mol. The Morgan fingerprint density at radius 3 is 2.46 bits per heavy atom. The van der Waals surface area contributed by atoms with Crippen LogP contribution in [0, 0.1) is 25.2 Å². The molecule has 0 saturated carbocycles. The fourth-order valence-electron chi connectivity index (χ4n) is 3.69. The number of aromatic nitrogens is 1. The third-order valence-electron chi connectivity index (χ3n) is 5.38. The molecule has 1 N–H and O–H groups in total. The lowest BCUT2D eigenvalue weighted by Gasteiger charge is -2.12. The van der Waals surface area contributed by atoms with Gasteiger partial charge in [0.05, 0.1) is 13.2 Å². The minimum atomic E-state index is -0.823. The number of carbonyl (C=O) groups excluding carboxylic acids is 2. The average Bonchev–Trinajstić information content (AvgIpc) is 3.10. The number of nitrogens with one attached hydrogen (secondary N) is 1. The Bertz CT molecular complexity index is 1090. The fraction of sp³-hybridized carbons (Fsp3) is 0.444. The molecule has 1 aromatic carbocycles. The third-order valence-corrected chi connectivity index (χ3v) is 5.38. The topological polar surface area (TPSA) is 103 Å². The number of hydrogen-bond acceptors (Lipinski definition) is 6. The minimum Gasteiger partial charge on any atom is -0.490 e. The molecule has 0 spiro atoms. The second-order valence-corrected chi connectivity index (χ2v) is 7.97. The van der Waals surface area contributed by atoms with Gasteiger partial charge in [-0.2, -0.15) is 5.26 Å². The number of benzene rings is 1. The van der Waals surface area contributed by atoms with Gasteiger partial charge < -0.3 is 24.1 Å². The van der Waals surface area contributed by atoms with Gasteiger partial charge in [0, 0.05) is 24.5 Å². The van der Waals surface area contributed by atoms with Crippen LogP contribution in [0.5, 0.6) is 11.5 Å². The van der Waals surface area contributed by atoms with Gasteiger partial charge in [-0.1, -0.05) is 13.0 Å². The van der Waals surface area contributed by atoms with Crippen LogP contribution in [0.1, 0.15) is 49.7 Å². The van der Waals surface area contributed by atoms with E-state index in [1.54, 1.807) is 0 Å². The number of ether oxygens (including phenoxy) is 3. The number of amides is 1. The normalized spacial score (nSPS) is 11.0. The van der Waals surface area contributed by atoms with Crippen LogP contribution in [0.15, 0.2) is 29.8 Å². The van der Waals surface area contributed by atoms with Gasteiger partial charge in [-0.05, 0) is 75.9 Å². The first kappa shape index (κ1) is 27.5. The number of nitriles is 1. The molecule has 0 unspecified atom stereocenters. The van der Waals surface area contributed by atoms with E-state index in [0.717, 1.165) is 35.5 Å². The van der Waals surface area contributed by atoms with Crippen LogP contribution in [-0.4, -0.2) is 42.8 Å². The van der Waals surface area contributed by atoms with Crippen molar-refractivity contribution in [3.8, 4) is 17.6 Å². The van der Waals surface area contributed by atoms with Crippen molar-refractivity contribution >= 4 is 18.0 Å². The van der Waals surface area contributed by atoms with Crippen molar-refractivity contribution in [2.75, 3.05) is 26.4 Å². The molecule has 0 atom stereocenters. The zero-order chi connectivity index (χ0) is 25.8. The zero-order valence-corrected chi connectivity index (χ0v) is 21.3. The quantitative estimate of drug-likeness (QED) is 0.262. The number of hydrogen-bond donors (Lipinski definition) is 1. The highest BCUT2D eigenvalue weighted by molar-refractivity contribution is 5.99. The van der Waals surface area contributed by atoms with Gasteiger partial charge in [-0.25, -0.2) is 4.79 Å². The summed E-state index contributed by atoms with van der Waals surface area (Å²) in [6, 6.07) is 9.47. The van der Waals surface area contributed by atoms with Crippen LogP contribution in [0.2, 0.25) is 0 Å². The number of esters is 1. The Morgan fingerprint density at radius 2 is 1.80 bits per heavy atom. The molecule has 35 heavy (non-hydrogen) atoms. The van der Waals surface area contributed by atoms with Crippen molar-refractivity contribution in [2.45, 2.75) is 54.0 Å². The summed E-state index contributed by atoms with van der Waals surface area (Å²) in [6.07, 6.45) is 3.06. The van der Waals surface area contributed by atoms with Gasteiger partial charge in [0.1, 0.15) is 11.6 Å². The van der Waals surface area contributed by atoms with Gasteiger partial charge >= 0.3 is 5.97 Å². The summed E-state index contributed by atoms with van der Waals surface area (Å²) < 4.78 is 18.4. The SMILES string of the molecule is CCCn1c(C)cc(/C=C(\C#N)C(=O)OCC(=O)NCCc2ccc(OCC)c(OCC)c2)c1C. The lowest BCUT2D eigenvalue weighted by Crippen LogP contribution is -2.30. The number of rotatable bonds is 13. The molecule has 1 amide bonds. The predicted octanol–water partition coefficient (Wildman–Crippen LogP) is 4.12. The molecule has 2 aromatic rings. The maximum absolute atomic E-state index is 12.4. The first-order chi connectivity index (χ1) is 16.8. The minimum absolute atomic E-state index is 0.146. The molecule has 8 nitrogen and oxygen atoms in total. The van der Waals surface area contributed by atoms with E-state index in [-0.39, 0.29) is 5.57 Å². The molecule has 8 heteroatoms. The summed E-state index contributed by atoms with van der Waals surface area (Å²) in [5.41, 5.74) is 3.65. The largest absolute Gasteiger partial charge is 0.490 e. The highest BCUT2D eigenvalue weighted by Gasteiger charge is 2.15. The van der Waals surface area contributed by atoms with Gasteiger partial charge in [0.2, 0.25) is 0 Å². The Morgan fingerprint density at radius 1 is 1.09 bits per heavy atom. The maximum atomic E-state index is 12.4. The monoisotopic (exact) mass is 481 g/mol. The number of aryl methyl sites for hydroxylation is 1. The molecule has 1 aromatic heterocycles. The summed E-state index contributed by atoms with van der Waals surface area (Å²) in [7, 11) is 0. The smallest absolute Gasteiger partial charge is 0.349 e. The molecular weight excluding hydrogens is 446 g/mol.